The summed E-state index contributed by atoms with van der Waals surface area (Å²) in [6.45, 7) is 6.29. The predicted molar refractivity (Wildman–Crippen MR) is 176 cm³/mol. The maximum Gasteiger partial charge on any atom is 0.262 e. The number of nitrogens with one attached hydrogen (secondary N) is 2. The van der Waals surface area contributed by atoms with Crippen LogP contribution < -0.4 is 10.0 Å². The van der Waals surface area contributed by atoms with E-state index in [0.717, 1.165) is 33.4 Å². The Labute approximate surface area is 271 Å². The fourth-order valence-corrected chi connectivity index (χ4v) is 6.41. The number of benzene rings is 2. The zero-order valence-corrected chi connectivity index (χ0v) is 27.5. The third-order valence-corrected chi connectivity index (χ3v) is 9.61. The van der Waals surface area contributed by atoms with Crippen LogP contribution in [0.4, 0.5) is 0 Å². The molecule has 3 amide bonds. The lowest BCUT2D eigenvalue weighted by Gasteiger charge is -2.40. The molecule has 0 bridgehead atoms. The van der Waals surface area contributed by atoms with Gasteiger partial charge in [-0.3, -0.25) is 19.1 Å². The molecule has 1 fully saturated rings. The van der Waals surface area contributed by atoms with Gasteiger partial charge in [0.2, 0.25) is 21.8 Å². The third-order valence-electron chi connectivity index (χ3n) is 7.53. The number of rotatable bonds is 9. The van der Waals surface area contributed by atoms with E-state index in [1.54, 1.807) is 42.7 Å². The number of nitrogens with zero attached hydrogens (tertiary/aromatic N) is 3. The van der Waals surface area contributed by atoms with Crippen LogP contribution in [0.5, 0.6) is 5.75 Å². The fourth-order valence-electron chi connectivity index (χ4n) is 4.91. The predicted octanol–water partition coefficient (Wildman–Crippen LogP) is 3.75. The number of thiophene rings is 1. The molecule has 0 spiro atoms. The van der Waals surface area contributed by atoms with Crippen LogP contribution in [0.15, 0.2) is 73.1 Å². The van der Waals surface area contributed by atoms with E-state index in [2.05, 4.69) is 36.1 Å². The minimum absolute atomic E-state index is 0.0517. The fraction of sp³-hybridized carbons (Fsp3) is 0.303. The first-order valence-electron chi connectivity index (χ1n) is 14.6. The molecule has 13 heteroatoms. The molecule has 0 unspecified atom stereocenters. The largest absolute Gasteiger partial charge is 0.508 e. The van der Waals surface area contributed by atoms with Gasteiger partial charge in [0.25, 0.3) is 5.91 Å². The van der Waals surface area contributed by atoms with E-state index in [4.69, 9.17) is 0 Å². The molecule has 1 atom stereocenters. The maximum atomic E-state index is 13.6. The molecule has 0 radical (unpaired) electrons. The molecule has 11 nitrogen and oxygen atoms in total. The van der Waals surface area contributed by atoms with Crippen LogP contribution in [0.2, 0.25) is 0 Å². The second-order valence-corrected chi connectivity index (χ2v) is 15.2. The summed E-state index contributed by atoms with van der Waals surface area (Å²) < 4.78 is 24.9. The number of sulfonamides is 1. The average Bonchev–Trinajstić information content (AvgIpc) is 3.48. The van der Waals surface area contributed by atoms with Crippen LogP contribution in [0, 0.1) is 5.92 Å². The van der Waals surface area contributed by atoms with Crippen LogP contribution >= 0.6 is 11.3 Å². The number of aromatic nitrogens is 2. The highest BCUT2D eigenvalue weighted by molar-refractivity contribution is 7.89. The molecular weight excluding hydrogens is 627 g/mol. The number of phenols is 1. The summed E-state index contributed by atoms with van der Waals surface area (Å²) in [7, 11) is -3.71. The number of hydrogen-bond donors (Lipinski definition) is 3. The zero-order chi connectivity index (χ0) is 33.2. The van der Waals surface area contributed by atoms with E-state index >= 15 is 0 Å². The highest BCUT2D eigenvalue weighted by Gasteiger charge is 2.39. The Hall–Kier alpha value is -4.62. The first-order chi connectivity index (χ1) is 21.7. The van der Waals surface area contributed by atoms with Gasteiger partial charge in [0.15, 0.2) is 5.82 Å². The summed E-state index contributed by atoms with van der Waals surface area (Å²) in [6, 6.07) is 16.9. The minimum atomic E-state index is -3.71. The topological polar surface area (TPSA) is 159 Å². The summed E-state index contributed by atoms with van der Waals surface area (Å²) >= 11 is 1.37. The van der Waals surface area contributed by atoms with Crippen molar-refractivity contribution in [3.63, 3.8) is 0 Å². The Bertz CT molecular complexity index is 1840. The summed E-state index contributed by atoms with van der Waals surface area (Å²) in [5.74, 6) is -1.35. The van der Waals surface area contributed by atoms with Gasteiger partial charge in [0, 0.05) is 47.9 Å². The number of hydrogen-bond acceptors (Lipinski definition) is 9. The summed E-state index contributed by atoms with van der Waals surface area (Å²) in [4.78, 5) is 51.1. The van der Waals surface area contributed by atoms with Crippen molar-refractivity contribution in [2.75, 3.05) is 19.3 Å². The lowest BCUT2D eigenvalue weighted by molar-refractivity contribution is -0.143. The summed E-state index contributed by atoms with van der Waals surface area (Å²) in [5, 5.41) is 12.4. The maximum absolute atomic E-state index is 13.6. The smallest absolute Gasteiger partial charge is 0.262 e. The van der Waals surface area contributed by atoms with Crippen molar-refractivity contribution < 1.29 is 27.9 Å². The van der Waals surface area contributed by atoms with Crippen LogP contribution in [-0.2, 0) is 31.4 Å². The van der Waals surface area contributed by atoms with Gasteiger partial charge in [-0.15, -0.1) is 11.3 Å². The molecule has 2 aromatic carbocycles. The second-order valence-electron chi connectivity index (χ2n) is 12.4. The van der Waals surface area contributed by atoms with E-state index in [-0.39, 0.29) is 42.5 Å². The molecule has 0 saturated carbocycles. The van der Waals surface area contributed by atoms with Crippen LogP contribution in [-0.4, -0.2) is 71.5 Å². The highest BCUT2D eigenvalue weighted by atomic mass is 32.2. The van der Waals surface area contributed by atoms with Crippen molar-refractivity contribution >= 4 is 39.1 Å². The molecule has 1 aliphatic rings. The number of phenolic OH excluding ortho intramolecular Hbond substituents is 1. The van der Waals surface area contributed by atoms with Crippen molar-refractivity contribution in [3.05, 3.63) is 88.4 Å². The molecular formula is C33H35N5O6S2. The molecule has 2 aromatic heterocycles. The van der Waals surface area contributed by atoms with E-state index in [1.807, 2.05) is 35.1 Å². The first kappa shape index (κ1) is 32.8. The van der Waals surface area contributed by atoms with Gasteiger partial charge >= 0.3 is 0 Å². The molecule has 5 rings (SSSR count). The van der Waals surface area contributed by atoms with Crippen LogP contribution in [0.1, 0.15) is 40.9 Å². The molecule has 3 N–H and O–H groups in total. The van der Waals surface area contributed by atoms with Crippen LogP contribution in [0.3, 0.4) is 0 Å². The Morgan fingerprint density at radius 2 is 1.54 bits per heavy atom. The number of carbonyl (C=O) groups is 3. The Morgan fingerprint density at radius 1 is 0.935 bits per heavy atom. The van der Waals surface area contributed by atoms with Gasteiger partial charge in [-0.1, -0.05) is 57.2 Å². The number of aromatic hydroxyl groups is 1. The number of amides is 3. The molecule has 0 aliphatic carbocycles. The molecule has 240 valence electrons. The molecule has 1 saturated heterocycles. The van der Waals surface area contributed by atoms with Crippen molar-refractivity contribution in [2.24, 2.45) is 5.92 Å². The lowest BCUT2D eigenvalue weighted by atomic mass is 9.95. The van der Waals surface area contributed by atoms with Gasteiger partial charge in [-0.05, 0) is 40.8 Å². The Kier molecular flexibility index (Phi) is 9.27. The lowest BCUT2D eigenvalue weighted by Crippen LogP contribution is -2.60. The van der Waals surface area contributed by atoms with E-state index < -0.39 is 27.9 Å². The van der Waals surface area contributed by atoms with Gasteiger partial charge in [-0.2, -0.15) is 0 Å². The van der Waals surface area contributed by atoms with E-state index in [9.17, 15) is 27.9 Å². The second kappa shape index (κ2) is 13.0. The Balaban J connectivity index is 1.30. The van der Waals surface area contributed by atoms with Gasteiger partial charge < -0.3 is 15.3 Å². The molecule has 4 aromatic rings. The molecule has 3 heterocycles. The summed E-state index contributed by atoms with van der Waals surface area (Å²) in [6.07, 6.45) is 4.51. The van der Waals surface area contributed by atoms with Crippen molar-refractivity contribution in [2.45, 2.75) is 38.6 Å². The number of carbonyl (C=O) groups excluding carboxylic acids is 3. The molecule has 46 heavy (non-hydrogen) atoms. The van der Waals surface area contributed by atoms with Gasteiger partial charge in [0.1, 0.15) is 11.8 Å². The van der Waals surface area contributed by atoms with E-state index in [0.29, 0.717) is 10.7 Å². The summed E-state index contributed by atoms with van der Waals surface area (Å²) in [5.41, 5.74) is 3.11. The third kappa shape index (κ3) is 7.96. The van der Waals surface area contributed by atoms with Crippen LogP contribution in [0.25, 0.3) is 22.5 Å². The van der Waals surface area contributed by atoms with Gasteiger partial charge in [-0.25, -0.2) is 18.4 Å². The minimum Gasteiger partial charge on any atom is -0.508 e. The van der Waals surface area contributed by atoms with Crippen molar-refractivity contribution in [3.8, 4) is 28.3 Å². The molecule has 1 aliphatic heterocycles. The van der Waals surface area contributed by atoms with E-state index in [1.165, 1.54) is 16.2 Å². The standard InChI is InChI=1S/C33H35N5O6S2/c1-33(2,3)28-14-13-27(45-28)31(41)36-26(32(42)38-18-24(19-38)30(40)37-46(4,43)44)15-20-5-7-22(8-6-20)29-34-16-23(17-35-29)21-9-11-25(39)12-10-21/h5-14,16-17,24,26,39H,15,18-19H2,1-4H3,(H,36,41)(H,37,40)/t26-/m0/s1. The quantitative estimate of drug-likeness (QED) is 0.245. The first-order valence-corrected chi connectivity index (χ1v) is 17.3. The zero-order valence-electron chi connectivity index (χ0n) is 25.9. The average molecular weight is 662 g/mol. The SMILES string of the molecule is CC(C)(C)c1ccc(C(=O)N[C@@H](Cc2ccc(-c3ncc(-c4ccc(O)cc4)cn3)cc2)C(=O)N2CC(C(=O)NS(C)(=O)=O)C2)s1. The normalized spacial score (nSPS) is 14.3. The van der Waals surface area contributed by atoms with Gasteiger partial charge in [0.05, 0.1) is 17.1 Å². The number of likely N-dealkylation sites (tertiary alicyclic amines) is 1. The van der Waals surface area contributed by atoms with Crippen molar-refractivity contribution in [1.29, 1.82) is 0 Å². The van der Waals surface area contributed by atoms with Crippen molar-refractivity contribution in [1.82, 2.24) is 24.9 Å². The highest BCUT2D eigenvalue weighted by Crippen LogP contribution is 2.30. The monoisotopic (exact) mass is 661 g/mol. The Morgan fingerprint density at radius 3 is 2.11 bits per heavy atom.